The lowest BCUT2D eigenvalue weighted by Crippen LogP contribution is -2.38. The fourth-order valence-electron chi connectivity index (χ4n) is 3.30. The smallest absolute Gasteiger partial charge is 0.305 e. The number of nitrogens with one attached hydrogen (secondary N) is 1. The highest BCUT2D eigenvalue weighted by molar-refractivity contribution is 7.70. The topological polar surface area (TPSA) is 390 Å². The Labute approximate surface area is 291 Å². The van der Waals surface area contributed by atoms with Crippen molar-refractivity contribution in [2.45, 2.75) is 83.8 Å². The van der Waals surface area contributed by atoms with Crippen molar-refractivity contribution in [3.63, 3.8) is 0 Å². The molecule has 0 saturated heterocycles. The molecule has 0 spiro atoms. The zero-order valence-corrected chi connectivity index (χ0v) is 30.8. The molecule has 0 rings (SSSR count). The van der Waals surface area contributed by atoms with Crippen molar-refractivity contribution in [2.24, 2.45) is 0 Å². The molecule has 0 fully saturated rings. The van der Waals surface area contributed by atoms with E-state index in [2.05, 4.69) is 5.32 Å². The molecule has 22 nitrogen and oxygen atoms in total. The maximum absolute atomic E-state index is 12.0. The molecule has 1 amide bonds. The zero-order chi connectivity index (χ0) is 36.2. The van der Waals surface area contributed by atoms with Crippen molar-refractivity contribution < 1.29 is 90.4 Å². The predicted molar refractivity (Wildman–Crippen MR) is 172 cm³/mol. The fourth-order valence-corrected chi connectivity index (χ4v) is 6.22. The van der Waals surface area contributed by atoms with Gasteiger partial charge < -0.3 is 84.3 Å². The SMILES string of the molecule is C.CCC(=O)OCCC(CCOP(=O)([O-])OCCCC(=O)COCCOCC(=O)NCCCC(O)(P(=O)([O-])O)P(=O)([O-])O)OC(=O)CC.[NH4+].[NH4+]. The molecule has 0 radical (unpaired) electrons. The van der Waals surface area contributed by atoms with Gasteiger partial charge in [0.05, 0.1) is 33.0 Å². The van der Waals surface area contributed by atoms with Crippen LogP contribution in [0.3, 0.4) is 0 Å². The number of ether oxygens (including phenoxy) is 4. The third-order valence-corrected chi connectivity index (χ3v) is 10.7. The zero-order valence-electron chi connectivity index (χ0n) is 28.1. The van der Waals surface area contributed by atoms with E-state index in [-0.39, 0.29) is 110 Å². The molecule has 0 aliphatic heterocycles. The van der Waals surface area contributed by atoms with Gasteiger partial charge in [-0.25, -0.2) is 0 Å². The lowest BCUT2D eigenvalue weighted by Gasteiger charge is -2.42. The van der Waals surface area contributed by atoms with Gasteiger partial charge >= 0.3 is 11.9 Å². The molecule has 0 bridgehead atoms. The molecule has 12 N–H and O–H groups in total. The summed E-state index contributed by atoms with van der Waals surface area (Å²) in [5, 5.41) is 8.07. The van der Waals surface area contributed by atoms with Crippen LogP contribution in [-0.2, 0) is 60.9 Å². The molecular weight excluding hydrogens is 739 g/mol. The largest absolute Gasteiger partial charge is 0.776 e. The highest BCUT2D eigenvalue weighted by atomic mass is 31.2. The predicted octanol–water partition coefficient (Wildman–Crippen LogP) is -0.0519. The lowest BCUT2D eigenvalue weighted by atomic mass is 10.2. The van der Waals surface area contributed by atoms with E-state index in [0.717, 1.165) is 0 Å². The van der Waals surface area contributed by atoms with Crippen molar-refractivity contribution in [1.29, 1.82) is 0 Å². The van der Waals surface area contributed by atoms with Crippen molar-refractivity contribution >= 4 is 46.6 Å². The minimum absolute atomic E-state index is 0. The van der Waals surface area contributed by atoms with E-state index in [1.165, 1.54) is 0 Å². The number of phosphoric ester groups is 1. The van der Waals surface area contributed by atoms with Gasteiger partial charge in [0.1, 0.15) is 19.3 Å². The van der Waals surface area contributed by atoms with Crippen LogP contribution in [0, 0.1) is 0 Å². The van der Waals surface area contributed by atoms with E-state index in [9.17, 15) is 52.7 Å². The molecule has 0 aromatic carbocycles. The first-order valence-electron chi connectivity index (χ1n) is 14.5. The second kappa shape index (κ2) is 27.9. The number of carbonyl (C=O) groups is 4. The first-order valence-corrected chi connectivity index (χ1v) is 19.1. The molecular formula is C25H55N3O19P3-. The van der Waals surface area contributed by atoms with Gasteiger partial charge in [-0.1, -0.05) is 21.3 Å². The molecule has 0 aromatic heterocycles. The molecule has 0 heterocycles. The molecule has 4 unspecified atom stereocenters. The second-order valence-electron chi connectivity index (χ2n) is 9.75. The molecule has 300 valence electrons. The molecule has 0 aliphatic rings. The Morgan fingerprint density at radius 1 is 0.780 bits per heavy atom. The Bertz CT molecular complexity index is 1110. The number of amides is 1. The minimum Gasteiger partial charge on any atom is -0.776 e. The van der Waals surface area contributed by atoms with Crippen molar-refractivity contribution in [3.05, 3.63) is 0 Å². The summed E-state index contributed by atoms with van der Waals surface area (Å²) in [7, 11) is -16.5. The van der Waals surface area contributed by atoms with E-state index in [1.54, 1.807) is 13.8 Å². The monoisotopic (exact) mass is 794 g/mol. The van der Waals surface area contributed by atoms with E-state index in [1.807, 2.05) is 0 Å². The third kappa shape index (κ3) is 24.5. The van der Waals surface area contributed by atoms with Crippen molar-refractivity contribution in [2.75, 3.05) is 52.8 Å². The Morgan fingerprint density at radius 2 is 1.30 bits per heavy atom. The Kier molecular flexibility index (Phi) is 30.7. The van der Waals surface area contributed by atoms with Crippen molar-refractivity contribution in [3.8, 4) is 0 Å². The first-order chi connectivity index (χ1) is 21.8. The summed E-state index contributed by atoms with van der Waals surface area (Å²) in [6, 6.07) is 0. The standard InChI is InChI=1S/C24H46NO19P3.CH4.2H3N/c1-3-22(28)41-13-8-20(44-23(29)4-2)9-14-43-47(37,38)42-12-5-7-19(26)17-39-15-16-40-18-21(27)25-11-6-10-24(30,45(31,32)33)46(34,35)36;;;/h20,30H,3-18H2,1-2H3,(H,25,27)(H,37,38)(H2,31,32,33)(H2,34,35,36);1H4;2*1H3/p-1. The normalized spacial score (nSPS) is 16.2. The highest BCUT2D eigenvalue weighted by Crippen LogP contribution is 2.65. The van der Waals surface area contributed by atoms with Crippen molar-refractivity contribution in [1.82, 2.24) is 17.6 Å². The number of aliphatic hydroxyl groups is 1. The summed E-state index contributed by atoms with van der Waals surface area (Å²) < 4.78 is 64.0. The van der Waals surface area contributed by atoms with E-state index < -0.39 is 71.5 Å². The molecule has 0 aromatic rings. The number of rotatable bonds is 28. The van der Waals surface area contributed by atoms with Gasteiger partial charge in [-0.2, -0.15) is 0 Å². The highest BCUT2D eigenvalue weighted by Gasteiger charge is 2.46. The Morgan fingerprint density at radius 3 is 1.84 bits per heavy atom. The van der Waals surface area contributed by atoms with Gasteiger partial charge in [-0.15, -0.1) is 0 Å². The average Bonchev–Trinajstić information content (AvgIpc) is 2.97. The first kappa shape index (κ1) is 55.1. The van der Waals surface area contributed by atoms with Crippen LogP contribution in [0.2, 0.25) is 0 Å². The summed E-state index contributed by atoms with van der Waals surface area (Å²) in [5.41, 5.74) is 0. The molecule has 0 saturated carbocycles. The second-order valence-corrected chi connectivity index (χ2v) is 15.1. The number of quaternary nitrogens is 2. The molecule has 0 aliphatic carbocycles. The van der Waals surface area contributed by atoms with Crippen LogP contribution in [0.5, 0.6) is 0 Å². The van der Waals surface area contributed by atoms with Crippen LogP contribution < -0.4 is 32.3 Å². The van der Waals surface area contributed by atoms with Crippen LogP contribution in [0.4, 0.5) is 0 Å². The Balaban J connectivity index is -0.00000353. The van der Waals surface area contributed by atoms with Crippen LogP contribution in [0.15, 0.2) is 0 Å². The lowest BCUT2D eigenvalue weighted by molar-refractivity contribution is -0.228. The number of Topliss-reactive ketones (excluding diaryl/α,β-unsaturated/α-hetero) is 1. The molecule has 50 heavy (non-hydrogen) atoms. The quantitative estimate of drug-likeness (QED) is 0.0343. The Hall–Kier alpha value is -1.71. The van der Waals surface area contributed by atoms with E-state index >= 15 is 0 Å². The number of esters is 2. The van der Waals surface area contributed by atoms with Crippen LogP contribution in [-0.4, -0.2) is 103 Å². The number of phosphoric acid groups is 1. The maximum Gasteiger partial charge on any atom is 0.305 e. The van der Waals surface area contributed by atoms with Crippen LogP contribution >= 0.6 is 23.0 Å². The summed E-state index contributed by atoms with van der Waals surface area (Å²) in [6.07, 6.45) is -1.93. The van der Waals surface area contributed by atoms with Gasteiger partial charge in [0.2, 0.25) is 5.91 Å². The van der Waals surface area contributed by atoms with Gasteiger partial charge in [-0.05, 0) is 19.3 Å². The summed E-state index contributed by atoms with van der Waals surface area (Å²) in [5.74, 6) is -2.03. The number of hydrogen-bond donors (Lipinski definition) is 6. The molecule has 4 atom stereocenters. The van der Waals surface area contributed by atoms with Gasteiger partial charge in [0, 0.05) is 38.6 Å². The number of ketones is 1. The van der Waals surface area contributed by atoms with Gasteiger partial charge in [0.15, 0.2) is 26.1 Å². The van der Waals surface area contributed by atoms with Gasteiger partial charge in [0.25, 0.3) is 7.82 Å². The van der Waals surface area contributed by atoms with Gasteiger partial charge in [-0.3, -0.25) is 23.7 Å². The summed E-state index contributed by atoms with van der Waals surface area (Å²) in [6.45, 7) is 1.11. The van der Waals surface area contributed by atoms with E-state index in [4.69, 9.17) is 37.8 Å². The average molecular weight is 795 g/mol. The van der Waals surface area contributed by atoms with E-state index in [0.29, 0.717) is 0 Å². The van der Waals surface area contributed by atoms with Crippen LogP contribution in [0.25, 0.3) is 0 Å². The maximum atomic E-state index is 12.0. The third-order valence-electron chi connectivity index (χ3n) is 5.90. The summed E-state index contributed by atoms with van der Waals surface area (Å²) in [4.78, 5) is 98.5. The number of hydrogen-bond acceptors (Lipinski definition) is 17. The summed E-state index contributed by atoms with van der Waals surface area (Å²) >= 11 is 0. The minimum atomic E-state index is -5.89. The fraction of sp³-hybridized carbons (Fsp3) is 0.840. The van der Waals surface area contributed by atoms with Crippen LogP contribution in [0.1, 0.15) is 72.6 Å². The molecule has 25 heteroatoms. The number of carbonyl (C=O) groups excluding carboxylic acids is 4.